The van der Waals surface area contributed by atoms with Crippen LogP contribution in [0.5, 0.6) is 0 Å². The third kappa shape index (κ3) is 8.88. The van der Waals surface area contributed by atoms with Crippen LogP contribution in [0.1, 0.15) is 27.7 Å². The summed E-state index contributed by atoms with van der Waals surface area (Å²) < 4.78 is 0. The lowest BCUT2D eigenvalue weighted by molar-refractivity contribution is -0.138. The molecule has 0 aromatic carbocycles. The molecule has 0 spiro atoms. The fourth-order valence-corrected chi connectivity index (χ4v) is 2.47. The number of carboxylic acids is 1. The Labute approximate surface area is 119 Å². The summed E-state index contributed by atoms with van der Waals surface area (Å²) in [6.45, 7) is 9.79. The minimum absolute atomic E-state index is 0.0602. The smallest absolute Gasteiger partial charge is 0.321 e. The molecule has 0 aliphatic carbocycles. The predicted molar refractivity (Wildman–Crippen MR) is 79.2 cm³/mol. The van der Waals surface area contributed by atoms with Gasteiger partial charge in [-0.2, -0.15) is 0 Å². The minimum Gasteiger partial charge on any atom is -0.480 e. The van der Waals surface area contributed by atoms with E-state index in [4.69, 9.17) is 10.8 Å². The molecule has 0 radical (unpaired) electrons. The largest absolute Gasteiger partial charge is 0.480 e. The Balaban J connectivity index is 4.20. The fraction of sp³-hybridized carbons (Fsp3) is 0.846. The van der Waals surface area contributed by atoms with Crippen LogP contribution < -0.4 is 5.73 Å². The lowest BCUT2D eigenvalue weighted by Crippen LogP contribution is -2.39. The van der Waals surface area contributed by atoms with Gasteiger partial charge in [-0.3, -0.25) is 9.59 Å². The Kier molecular flexibility index (Phi) is 8.84. The Bertz CT molecular complexity index is 286. The van der Waals surface area contributed by atoms with Crippen LogP contribution in [0.25, 0.3) is 0 Å². The Morgan fingerprint density at radius 2 is 1.63 bits per heavy atom. The van der Waals surface area contributed by atoms with E-state index in [1.54, 1.807) is 0 Å². The van der Waals surface area contributed by atoms with Gasteiger partial charge in [0.1, 0.15) is 6.04 Å². The Morgan fingerprint density at radius 1 is 1.16 bits per heavy atom. The van der Waals surface area contributed by atoms with Crippen LogP contribution in [0.3, 0.4) is 0 Å². The molecule has 0 unspecified atom stereocenters. The van der Waals surface area contributed by atoms with Gasteiger partial charge in [0.2, 0.25) is 5.91 Å². The van der Waals surface area contributed by atoms with Crippen molar-refractivity contribution in [2.75, 3.05) is 24.6 Å². The molecule has 3 N–H and O–H groups in total. The van der Waals surface area contributed by atoms with Crippen molar-refractivity contribution in [2.24, 2.45) is 17.6 Å². The number of carbonyl (C=O) groups excluding carboxylic acids is 1. The molecule has 6 heteroatoms. The summed E-state index contributed by atoms with van der Waals surface area (Å²) >= 11 is 1.28. The maximum absolute atomic E-state index is 12.1. The molecule has 0 saturated carbocycles. The highest BCUT2D eigenvalue weighted by Gasteiger charge is 2.17. The predicted octanol–water partition coefficient (Wildman–Crippen LogP) is 1.27. The molecule has 19 heavy (non-hydrogen) atoms. The van der Waals surface area contributed by atoms with E-state index in [9.17, 15) is 9.59 Å². The number of nitrogens with two attached hydrogens (primary N) is 1. The standard InChI is InChI=1S/C13H26N2O3S/c1-9(2)5-15(6-10(3)4)12(16)8-19-7-11(14)13(17)18/h9-11H,5-8,14H2,1-4H3,(H,17,18)/t11-/m1/s1. The second-order valence-corrected chi connectivity index (χ2v) is 6.58. The number of thioether (sulfide) groups is 1. The number of nitrogens with zero attached hydrogens (tertiary/aromatic N) is 1. The van der Waals surface area contributed by atoms with Crippen molar-refractivity contribution in [3.63, 3.8) is 0 Å². The van der Waals surface area contributed by atoms with Gasteiger partial charge in [0.25, 0.3) is 0 Å². The Morgan fingerprint density at radius 3 is 2.00 bits per heavy atom. The molecule has 0 rings (SSSR count). The van der Waals surface area contributed by atoms with Crippen LogP contribution >= 0.6 is 11.8 Å². The number of hydrogen-bond donors (Lipinski definition) is 2. The van der Waals surface area contributed by atoms with Gasteiger partial charge in [0.15, 0.2) is 0 Å². The first-order valence-electron chi connectivity index (χ1n) is 6.57. The molecule has 0 heterocycles. The quantitative estimate of drug-likeness (QED) is 0.668. The lowest BCUT2D eigenvalue weighted by atomic mass is 10.1. The number of carboxylic acid groups (broad SMARTS) is 1. The lowest BCUT2D eigenvalue weighted by Gasteiger charge is -2.26. The van der Waals surface area contributed by atoms with E-state index >= 15 is 0 Å². The molecule has 0 aromatic rings. The normalized spacial score (nSPS) is 12.8. The highest BCUT2D eigenvalue weighted by atomic mass is 32.2. The summed E-state index contributed by atoms with van der Waals surface area (Å²) in [5, 5.41) is 8.66. The van der Waals surface area contributed by atoms with Gasteiger partial charge < -0.3 is 15.7 Å². The SMILES string of the molecule is CC(C)CN(CC(C)C)C(=O)CSC[C@@H](N)C(=O)O. The summed E-state index contributed by atoms with van der Waals surface area (Å²) in [5.41, 5.74) is 5.39. The molecule has 1 amide bonds. The molecule has 0 fully saturated rings. The van der Waals surface area contributed by atoms with Gasteiger partial charge in [0.05, 0.1) is 5.75 Å². The molecule has 5 nitrogen and oxygen atoms in total. The molecule has 112 valence electrons. The van der Waals surface area contributed by atoms with E-state index in [0.717, 1.165) is 13.1 Å². The number of carbonyl (C=O) groups is 2. The number of aliphatic carboxylic acids is 1. The highest BCUT2D eigenvalue weighted by Crippen LogP contribution is 2.09. The third-order valence-corrected chi connectivity index (χ3v) is 3.41. The number of hydrogen-bond acceptors (Lipinski definition) is 4. The molecule has 1 atom stereocenters. The summed E-state index contributed by atoms with van der Waals surface area (Å²) in [5.74, 6) is 0.438. The topological polar surface area (TPSA) is 83.6 Å². The van der Waals surface area contributed by atoms with Crippen molar-refractivity contribution >= 4 is 23.6 Å². The van der Waals surface area contributed by atoms with Crippen molar-refractivity contribution in [1.82, 2.24) is 4.90 Å². The highest BCUT2D eigenvalue weighted by molar-refractivity contribution is 8.00. The van der Waals surface area contributed by atoms with Crippen molar-refractivity contribution in [2.45, 2.75) is 33.7 Å². The van der Waals surface area contributed by atoms with E-state index in [2.05, 4.69) is 27.7 Å². The van der Waals surface area contributed by atoms with E-state index in [-0.39, 0.29) is 11.7 Å². The van der Waals surface area contributed by atoms with Crippen LogP contribution in [0.15, 0.2) is 0 Å². The van der Waals surface area contributed by atoms with Crippen LogP contribution in [-0.4, -0.2) is 52.5 Å². The average molecular weight is 290 g/mol. The van der Waals surface area contributed by atoms with Crippen LogP contribution in [0.2, 0.25) is 0 Å². The van der Waals surface area contributed by atoms with Gasteiger partial charge in [-0.15, -0.1) is 11.8 Å². The van der Waals surface area contributed by atoms with Gasteiger partial charge in [-0.1, -0.05) is 27.7 Å². The number of amides is 1. The molecule has 0 bridgehead atoms. The minimum atomic E-state index is -1.03. The fourth-order valence-electron chi connectivity index (χ4n) is 1.60. The summed E-state index contributed by atoms with van der Waals surface area (Å²) in [4.78, 5) is 24.5. The maximum atomic E-state index is 12.1. The zero-order valence-corrected chi connectivity index (χ0v) is 13.1. The van der Waals surface area contributed by atoms with Crippen molar-refractivity contribution in [3.05, 3.63) is 0 Å². The van der Waals surface area contributed by atoms with Crippen LogP contribution in [0.4, 0.5) is 0 Å². The second kappa shape index (κ2) is 9.20. The summed E-state index contributed by atoms with van der Waals surface area (Å²) in [7, 11) is 0. The molecule has 0 aliphatic heterocycles. The van der Waals surface area contributed by atoms with Crippen molar-refractivity contribution in [1.29, 1.82) is 0 Å². The Hall–Kier alpha value is -0.750. The molecular weight excluding hydrogens is 264 g/mol. The molecular formula is C13H26N2O3S. The van der Waals surface area contributed by atoms with E-state index in [0.29, 0.717) is 17.6 Å². The molecule has 0 saturated heterocycles. The monoisotopic (exact) mass is 290 g/mol. The molecule has 0 aromatic heterocycles. The maximum Gasteiger partial charge on any atom is 0.321 e. The number of rotatable bonds is 9. The average Bonchev–Trinajstić information content (AvgIpc) is 2.26. The summed E-state index contributed by atoms with van der Waals surface area (Å²) in [6, 6.07) is -0.901. The van der Waals surface area contributed by atoms with E-state index in [1.165, 1.54) is 11.8 Å². The first-order chi connectivity index (χ1) is 8.73. The summed E-state index contributed by atoms with van der Waals surface area (Å²) in [6.07, 6.45) is 0. The zero-order chi connectivity index (χ0) is 15.0. The van der Waals surface area contributed by atoms with Gasteiger partial charge in [-0.05, 0) is 11.8 Å². The van der Waals surface area contributed by atoms with Gasteiger partial charge in [0, 0.05) is 18.8 Å². The second-order valence-electron chi connectivity index (χ2n) is 5.55. The van der Waals surface area contributed by atoms with Gasteiger partial charge >= 0.3 is 5.97 Å². The third-order valence-electron chi connectivity index (χ3n) is 2.36. The van der Waals surface area contributed by atoms with Crippen molar-refractivity contribution < 1.29 is 14.7 Å². The van der Waals surface area contributed by atoms with E-state index < -0.39 is 12.0 Å². The van der Waals surface area contributed by atoms with E-state index in [1.807, 2.05) is 4.90 Å². The van der Waals surface area contributed by atoms with Gasteiger partial charge in [-0.25, -0.2) is 0 Å². The first kappa shape index (κ1) is 18.2. The molecule has 0 aliphatic rings. The zero-order valence-electron chi connectivity index (χ0n) is 12.3. The van der Waals surface area contributed by atoms with Crippen molar-refractivity contribution in [3.8, 4) is 0 Å². The first-order valence-corrected chi connectivity index (χ1v) is 7.73. The van der Waals surface area contributed by atoms with Crippen LogP contribution in [0, 0.1) is 11.8 Å². The van der Waals surface area contributed by atoms with Crippen LogP contribution in [-0.2, 0) is 9.59 Å².